The summed E-state index contributed by atoms with van der Waals surface area (Å²) in [4.78, 5) is 11.0. The summed E-state index contributed by atoms with van der Waals surface area (Å²) in [7, 11) is -0.943. The zero-order valence-corrected chi connectivity index (χ0v) is 8.89. The van der Waals surface area contributed by atoms with Gasteiger partial charge < -0.3 is 5.32 Å². The molecule has 1 heterocycles. The molecule has 1 atom stereocenters. The number of rotatable bonds is 2. The summed E-state index contributed by atoms with van der Waals surface area (Å²) in [5.41, 5.74) is 0. The Balaban J connectivity index is 2.51. The van der Waals surface area contributed by atoms with Crippen LogP contribution in [0.25, 0.3) is 0 Å². The van der Waals surface area contributed by atoms with Crippen molar-refractivity contribution in [1.82, 2.24) is 9.62 Å². The summed E-state index contributed by atoms with van der Waals surface area (Å²) in [5, 5.41) is 2.89. The lowest BCUT2D eigenvalue weighted by Gasteiger charge is -2.19. The van der Waals surface area contributed by atoms with Crippen LogP contribution in [0.15, 0.2) is 0 Å². The first kappa shape index (κ1) is 10.7. The molecule has 0 bridgehead atoms. The molecule has 0 aromatic carbocycles. The lowest BCUT2D eigenvalue weighted by molar-refractivity contribution is -0.120. The monoisotopic (exact) mass is 204 g/mol. The molecule has 1 unspecified atom stereocenters. The second kappa shape index (κ2) is 4.72. The van der Waals surface area contributed by atoms with Crippen LogP contribution in [0.5, 0.6) is 0 Å². The van der Waals surface area contributed by atoms with Crippen LogP contribution in [0.1, 0.15) is 20.3 Å². The first-order chi connectivity index (χ1) is 6.11. The number of hydrogen-bond donors (Lipinski definition) is 1. The smallest absolute Gasteiger partial charge is 0.221 e. The zero-order chi connectivity index (χ0) is 9.84. The molecule has 1 rings (SSSR count). The molecule has 1 aliphatic rings. The van der Waals surface area contributed by atoms with Crippen molar-refractivity contribution < 1.29 is 9.00 Å². The van der Waals surface area contributed by atoms with Gasteiger partial charge in [0.25, 0.3) is 0 Å². The molecule has 1 amide bonds. The van der Waals surface area contributed by atoms with Crippen molar-refractivity contribution in [2.75, 3.05) is 19.6 Å². The Hall–Kier alpha value is -0.420. The third-order valence-electron chi connectivity index (χ3n) is 1.93. The predicted octanol–water partition coefficient (Wildman–Crippen LogP) is -0.120. The summed E-state index contributed by atoms with van der Waals surface area (Å²) in [6.45, 7) is 5.76. The third kappa shape index (κ3) is 3.08. The van der Waals surface area contributed by atoms with Crippen molar-refractivity contribution >= 4 is 16.9 Å². The number of amides is 1. The molecule has 0 aromatic heterocycles. The van der Waals surface area contributed by atoms with Gasteiger partial charge in [-0.3, -0.25) is 4.79 Å². The molecule has 0 radical (unpaired) electrons. The lowest BCUT2D eigenvalue weighted by Crippen LogP contribution is -2.33. The van der Waals surface area contributed by atoms with E-state index in [1.165, 1.54) is 0 Å². The molecule has 1 saturated heterocycles. The van der Waals surface area contributed by atoms with Gasteiger partial charge in [-0.1, -0.05) is 0 Å². The Kier molecular flexibility index (Phi) is 3.87. The second-order valence-electron chi connectivity index (χ2n) is 3.35. The van der Waals surface area contributed by atoms with Crippen LogP contribution in [-0.4, -0.2) is 39.3 Å². The molecular weight excluding hydrogens is 188 g/mol. The number of nitrogens with one attached hydrogen (secondary N) is 1. The fourth-order valence-corrected chi connectivity index (χ4v) is 2.36. The number of hydrogen-bond acceptors (Lipinski definition) is 2. The molecule has 5 heteroatoms. The highest BCUT2D eigenvalue weighted by Crippen LogP contribution is 2.05. The summed E-state index contributed by atoms with van der Waals surface area (Å²) < 4.78 is 13.5. The van der Waals surface area contributed by atoms with Crippen LogP contribution < -0.4 is 5.32 Å². The molecule has 0 aromatic rings. The van der Waals surface area contributed by atoms with E-state index in [9.17, 15) is 9.00 Å². The Morgan fingerprint density at radius 2 is 2.15 bits per heavy atom. The fraction of sp³-hybridized carbons (Fsp3) is 0.875. The van der Waals surface area contributed by atoms with Crippen LogP contribution >= 0.6 is 0 Å². The Morgan fingerprint density at radius 3 is 2.77 bits per heavy atom. The maximum Gasteiger partial charge on any atom is 0.221 e. The summed E-state index contributed by atoms with van der Waals surface area (Å²) >= 11 is 0. The molecule has 1 aliphatic heterocycles. The maximum atomic E-state index is 11.7. The van der Waals surface area contributed by atoms with E-state index in [0.29, 0.717) is 26.1 Å². The number of nitrogens with zero attached hydrogens (tertiary/aromatic N) is 1. The summed E-state index contributed by atoms with van der Waals surface area (Å²) in [6, 6.07) is 0. The van der Waals surface area contributed by atoms with Crippen molar-refractivity contribution in [3.05, 3.63) is 0 Å². The van der Waals surface area contributed by atoms with E-state index in [0.717, 1.165) is 0 Å². The van der Waals surface area contributed by atoms with Gasteiger partial charge in [0, 0.05) is 31.3 Å². The summed E-state index contributed by atoms with van der Waals surface area (Å²) in [5.74, 6) is 0.0586. The first-order valence-electron chi connectivity index (χ1n) is 4.53. The molecule has 13 heavy (non-hydrogen) atoms. The normalized spacial score (nSPS) is 22.5. The van der Waals surface area contributed by atoms with Crippen LogP contribution in [0, 0.1) is 0 Å². The topological polar surface area (TPSA) is 49.4 Å². The standard InChI is InChI=1S/C8H16N2O2S/c1-7(2)13(12)10-5-3-8(11)9-4-6-10/h7H,3-6H2,1-2H3,(H,9,11). The molecule has 4 nitrogen and oxygen atoms in total. The molecule has 0 aliphatic carbocycles. The van der Waals surface area contributed by atoms with Crippen molar-refractivity contribution in [2.24, 2.45) is 0 Å². The van der Waals surface area contributed by atoms with E-state index >= 15 is 0 Å². The molecule has 0 spiro atoms. The van der Waals surface area contributed by atoms with Gasteiger partial charge in [-0.15, -0.1) is 0 Å². The van der Waals surface area contributed by atoms with E-state index in [2.05, 4.69) is 5.32 Å². The van der Waals surface area contributed by atoms with Gasteiger partial charge in [-0.25, -0.2) is 8.51 Å². The quantitative estimate of drug-likeness (QED) is 0.682. The van der Waals surface area contributed by atoms with Gasteiger partial charge in [-0.2, -0.15) is 0 Å². The van der Waals surface area contributed by atoms with Crippen LogP contribution in [0.3, 0.4) is 0 Å². The highest BCUT2D eigenvalue weighted by Gasteiger charge is 2.19. The first-order valence-corrected chi connectivity index (χ1v) is 5.70. The molecular formula is C8H16N2O2S. The van der Waals surface area contributed by atoms with Crippen molar-refractivity contribution in [2.45, 2.75) is 25.5 Å². The maximum absolute atomic E-state index is 11.7. The zero-order valence-electron chi connectivity index (χ0n) is 8.08. The highest BCUT2D eigenvalue weighted by atomic mass is 32.2. The summed E-state index contributed by atoms with van der Waals surface area (Å²) in [6.07, 6.45) is 0.457. The van der Waals surface area contributed by atoms with Crippen LogP contribution in [0.4, 0.5) is 0 Å². The molecule has 1 fully saturated rings. The van der Waals surface area contributed by atoms with E-state index in [1.54, 1.807) is 0 Å². The minimum atomic E-state index is -0.943. The minimum Gasteiger partial charge on any atom is -0.355 e. The van der Waals surface area contributed by atoms with Crippen LogP contribution in [0.2, 0.25) is 0 Å². The van der Waals surface area contributed by atoms with Crippen molar-refractivity contribution in [3.63, 3.8) is 0 Å². The van der Waals surface area contributed by atoms with Crippen molar-refractivity contribution in [3.8, 4) is 0 Å². The average Bonchev–Trinajstić information content (AvgIpc) is 2.28. The van der Waals surface area contributed by atoms with Gasteiger partial charge in [0.2, 0.25) is 5.91 Å². The van der Waals surface area contributed by atoms with Gasteiger partial charge in [0.1, 0.15) is 0 Å². The van der Waals surface area contributed by atoms with E-state index in [4.69, 9.17) is 0 Å². The van der Waals surface area contributed by atoms with Crippen LogP contribution in [-0.2, 0) is 15.8 Å². The Bertz CT molecular complexity index is 218. The molecule has 1 N–H and O–H groups in total. The third-order valence-corrected chi connectivity index (χ3v) is 3.61. The second-order valence-corrected chi connectivity index (χ2v) is 5.37. The van der Waals surface area contributed by atoms with Crippen molar-refractivity contribution in [1.29, 1.82) is 0 Å². The van der Waals surface area contributed by atoms with Gasteiger partial charge >= 0.3 is 0 Å². The largest absolute Gasteiger partial charge is 0.355 e. The minimum absolute atomic E-state index is 0.0586. The molecule has 76 valence electrons. The van der Waals surface area contributed by atoms with Gasteiger partial charge in [0.05, 0.1) is 11.0 Å². The Labute approximate surface area is 81.3 Å². The average molecular weight is 204 g/mol. The predicted molar refractivity (Wildman–Crippen MR) is 52.5 cm³/mol. The number of carbonyl (C=O) groups excluding carboxylic acids is 1. The Morgan fingerprint density at radius 1 is 1.46 bits per heavy atom. The van der Waals surface area contributed by atoms with Gasteiger partial charge in [0.15, 0.2) is 0 Å². The van der Waals surface area contributed by atoms with Gasteiger partial charge in [-0.05, 0) is 13.8 Å². The van der Waals surface area contributed by atoms with E-state index < -0.39 is 11.0 Å². The number of carbonyl (C=O) groups is 1. The highest BCUT2D eigenvalue weighted by molar-refractivity contribution is 7.83. The molecule has 0 saturated carbocycles. The fourth-order valence-electron chi connectivity index (χ4n) is 1.22. The SMILES string of the molecule is CC(C)S(=O)N1CCNC(=O)CC1. The van der Waals surface area contributed by atoms with E-state index in [1.807, 2.05) is 18.2 Å². The lowest BCUT2D eigenvalue weighted by atomic mass is 10.4. The van der Waals surface area contributed by atoms with E-state index in [-0.39, 0.29) is 11.2 Å².